The first-order valence-corrected chi connectivity index (χ1v) is 21.7. The molecule has 0 amide bonds. The molecule has 2 aromatic heterocycles. The van der Waals surface area contributed by atoms with E-state index in [1.165, 1.54) is 36.9 Å². The molecule has 292 valence electrons. The molecule has 0 spiro atoms. The molecule has 0 aliphatic carbocycles. The van der Waals surface area contributed by atoms with Gasteiger partial charge in [0.1, 0.15) is 23.2 Å². The molecule has 4 nitrogen and oxygen atoms in total. The van der Waals surface area contributed by atoms with E-state index in [4.69, 9.17) is 14.4 Å². The fraction of sp³-hybridized carbons (Fsp3) is 0.0175. The van der Waals surface area contributed by atoms with E-state index < -0.39 is 6.17 Å². The van der Waals surface area contributed by atoms with Crippen LogP contribution in [0.3, 0.4) is 0 Å². The zero-order chi connectivity index (χ0) is 41.0. The van der Waals surface area contributed by atoms with Gasteiger partial charge >= 0.3 is 0 Å². The van der Waals surface area contributed by atoms with Crippen molar-refractivity contribution in [1.29, 1.82) is 0 Å². The molecule has 1 aliphatic rings. The Bertz CT molecular complexity index is 3550. The first kappa shape index (κ1) is 36.0. The maximum atomic E-state index is 6.38. The van der Waals surface area contributed by atoms with Gasteiger partial charge < -0.3 is 9.73 Å². The molecule has 9 aromatic carbocycles. The largest absolute Gasteiger partial charge is 0.456 e. The second-order valence-corrected chi connectivity index (χ2v) is 16.8. The number of nitrogens with one attached hydrogen (secondary N) is 1. The number of amidine groups is 2. The standard InChI is InChI=1S/C57H37N3OS/c1-4-15-36(16-5-1)39-21-12-22-40(31-39)55-58-56(41-29-30-48-47-23-10-11-28-51(47)61-52(48)35-41)60-57(59-55)44-33-42(37-17-6-2-7-18-37)32-43(34-44)46-25-14-27-50-49-26-13-24-45(53(49)62-54(46)50)38-19-8-3-9-20-38/h1-35,57H,(H,58,59,60). The Kier molecular flexibility index (Phi) is 8.72. The third kappa shape index (κ3) is 6.38. The van der Waals surface area contributed by atoms with Gasteiger partial charge in [0.05, 0.1) is 0 Å². The molecule has 0 saturated heterocycles. The molecule has 1 unspecified atom stereocenters. The number of rotatable bonds is 7. The maximum absolute atomic E-state index is 6.38. The molecule has 0 radical (unpaired) electrons. The Hall–Kier alpha value is -7.86. The van der Waals surface area contributed by atoms with Gasteiger partial charge in [-0.1, -0.05) is 170 Å². The van der Waals surface area contributed by atoms with E-state index in [2.05, 4.69) is 199 Å². The van der Waals surface area contributed by atoms with Gasteiger partial charge in [-0.2, -0.15) is 0 Å². The van der Waals surface area contributed by atoms with Gasteiger partial charge in [0.2, 0.25) is 0 Å². The van der Waals surface area contributed by atoms with Crippen LogP contribution in [-0.4, -0.2) is 11.7 Å². The van der Waals surface area contributed by atoms with Crippen molar-refractivity contribution in [3.05, 3.63) is 229 Å². The Labute approximate surface area is 362 Å². The van der Waals surface area contributed by atoms with Crippen molar-refractivity contribution in [1.82, 2.24) is 5.32 Å². The number of para-hydroxylation sites is 1. The van der Waals surface area contributed by atoms with Crippen molar-refractivity contribution in [2.75, 3.05) is 0 Å². The summed E-state index contributed by atoms with van der Waals surface area (Å²) in [6.07, 6.45) is -0.446. The van der Waals surface area contributed by atoms with E-state index in [1.54, 1.807) is 0 Å². The van der Waals surface area contributed by atoms with Crippen molar-refractivity contribution < 1.29 is 4.42 Å². The SMILES string of the molecule is c1ccc(-c2cccc(C3=NC(c4cc(-c5ccccc5)cc(-c5cccc6c5sc5c(-c7ccccc7)cccc56)c4)NC(c4ccc5c(c4)oc4ccccc45)=N3)c2)cc1. The Morgan fingerprint density at radius 1 is 0.387 bits per heavy atom. The number of fused-ring (bicyclic) bond motifs is 6. The molecular formula is C57H37N3OS. The minimum Gasteiger partial charge on any atom is -0.456 e. The van der Waals surface area contributed by atoms with Crippen LogP contribution >= 0.6 is 11.3 Å². The van der Waals surface area contributed by atoms with Gasteiger partial charge in [0, 0.05) is 42.1 Å². The van der Waals surface area contributed by atoms with Gasteiger partial charge in [-0.15, -0.1) is 11.3 Å². The predicted octanol–water partition coefficient (Wildman–Crippen LogP) is 15.1. The minimum atomic E-state index is -0.446. The molecule has 5 heteroatoms. The number of nitrogens with zero attached hydrogens (tertiary/aromatic N) is 2. The lowest BCUT2D eigenvalue weighted by atomic mass is 9.94. The summed E-state index contributed by atoms with van der Waals surface area (Å²) in [5.74, 6) is 1.40. The van der Waals surface area contributed by atoms with E-state index in [9.17, 15) is 0 Å². The first-order chi connectivity index (χ1) is 30.7. The van der Waals surface area contributed by atoms with Crippen LogP contribution in [0.2, 0.25) is 0 Å². The summed E-state index contributed by atoms with van der Waals surface area (Å²) >= 11 is 1.87. The summed E-state index contributed by atoms with van der Waals surface area (Å²) in [4.78, 5) is 10.7. The predicted molar refractivity (Wildman–Crippen MR) is 260 cm³/mol. The second kappa shape index (κ2) is 15.0. The Morgan fingerprint density at radius 2 is 0.935 bits per heavy atom. The number of thiophene rings is 1. The lowest BCUT2D eigenvalue weighted by Crippen LogP contribution is -2.33. The molecule has 11 aromatic rings. The number of hydrogen-bond acceptors (Lipinski definition) is 5. The number of furan rings is 1. The van der Waals surface area contributed by atoms with Crippen LogP contribution in [0.15, 0.2) is 227 Å². The summed E-state index contributed by atoms with van der Waals surface area (Å²) in [6, 6.07) is 75.2. The van der Waals surface area contributed by atoms with E-state index in [-0.39, 0.29) is 0 Å². The smallest absolute Gasteiger partial charge is 0.159 e. The molecule has 0 saturated carbocycles. The number of hydrogen-bond donors (Lipinski definition) is 1. The van der Waals surface area contributed by atoms with Gasteiger partial charge in [0.15, 0.2) is 5.84 Å². The summed E-state index contributed by atoms with van der Waals surface area (Å²) in [5, 5.41) is 8.51. The average Bonchev–Trinajstić information content (AvgIpc) is 3.93. The molecule has 3 heterocycles. The summed E-state index contributed by atoms with van der Waals surface area (Å²) in [6.45, 7) is 0. The summed E-state index contributed by atoms with van der Waals surface area (Å²) in [5.41, 5.74) is 13.9. The molecule has 0 bridgehead atoms. The van der Waals surface area contributed by atoms with Crippen LogP contribution in [0.5, 0.6) is 0 Å². The maximum Gasteiger partial charge on any atom is 0.159 e. The van der Waals surface area contributed by atoms with Crippen LogP contribution in [-0.2, 0) is 0 Å². The van der Waals surface area contributed by atoms with E-state index in [0.29, 0.717) is 5.84 Å². The van der Waals surface area contributed by atoms with Gasteiger partial charge in [-0.25, -0.2) is 9.98 Å². The fourth-order valence-corrected chi connectivity index (χ4v) is 10.3. The van der Waals surface area contributed by atoms with Crippen LogP contribution in [0, 0.1) is 0 Å². The monoisotopic (exact) mass is 811 g/mol. The summed E-state index contributed by atoms with van der Waals surface area (Å²) in [7, 11) is 0. The quantitative estimate of drug-likeness (QED) is 0.174. The van der Waals surface area contributed by atoms with Crippen LogP contribution in [0.4, 0.5) is 0 Å². The highest BCUT2D eigenvalue weighted by molar-refractivity contribution is 7.26. The van der Waals surface area contributed by atoms with Crippen molar-refractivity contribution in [3.63, 3.8) is 0 Å². The van der Waals surface area contributed by atoms with E-state index in [0.717, 1.165) is 72.3 Å². The number of aliphatic imine (C=N–C) groups is 2. The highest BCUT2D eigenvalue weighted by Crippen LogP contribution is 2.45. The molecule has 1 atom stereocenters. The van der Waals surface area contributed by atoms with E-state index >= 15 is 0 Å². The zero-order valence-corrected chi connectivity index (χ0v) is 34.3. The lowest BCUT2D eigenvalue weighted by Gasteiger charge is -2.25. The minimum absolute atomic E-state index is 0.446. The lowest BCUT2D eigenvalue weighted by molar-refractivity contribution is 0.666. The molecule has 1 N–H and O–H groups in total. The normalized spacial score (nSPS) is 14.0. The zero-order valence-electron chi connectivity index (χ0n) is 33.5. The molecule has 1 aliphatic heterocycles. The third-order valence-corrected chi connectivity index (χ3v) is 13.2. The highest BCUT2D eigenvalue weighted by atomic mass is 32.1. The molecule has 12 rings (SSSR count). The van der Waals surface area contributed by atoms with E-state index in [1.807, 2.05) is 29.5 Å². The van der Waals surface area contributed by atoms with Crippen molar-refractivity contribution >= 4 is 65.1 Å². The van der Waals surface area contributed by atoms with Crippen LogP contribution < -0.4 is 5.32 Å². The molecular weight excluding hydrogens is 775 g/mol. The topological polar surface area (TPSA) is 49.9 Å². The average molecular weight is 812 g/mol. The highest BCUT2D eigenvalue weighted by Gasteiger charge is 2.24. The van der Waals surface area contributed by atoms with Gasteiger partial charge in [-0.05, 0) is 92.5 Å². The third-order valence-electron chi connectivity index (χ3n) is 11.9. The first-order valence-electron chi connectivity index (χ1n) is 20.9. The fourth-order valence-electron chi connectivity index (χ4n) is 8.89. The van der Waals surface area contributed by atoms with Crippen molar-refractivity contribution in [2.45, 2.75) is 6.17 Å². The Morgan fingerprint density at radius 3 is 1.68 bits per heavy atom. The number of benzene rings is 9. The van der Waals surface area contributed by atoms with Crippen molar-refractivity contribution in [3.8, 4) is 44.5 Å². The molecule has 62 heavy (non-hydrogen) atoms. The molecule has 0 fully saturated rings. The summed E-state index contributed by atoms with van der Waals surface area (Å²) < 4.78 is 8.94. The van der Waals surface area contributed by atoms with Crippen molar-refractivity contribution in [2.24, 2.45) is 9.98 Å². The van der Waals surface area contributed by atoms with Gasteiger partial charge in [-0.3, -0.25) is 0 Å². The second-order valence-electron chi connectivity index (χ2n) is 15.8. The Balaban J connectivity index is 1.04. The van der Waals surface area contributed by atoms with Crippen LogP contribution in [0.1, 0.15) is 22.9 Å². The van der Waals surface area contributed by atoms with Gasteiger partial charge in [0.25, 0.3) is 0 Å². The van der Waals surface area contributed by atoms with Crippen LogP contribution in [0.25, 0.3) is 86.6 Å².